The summed E-state index contributed by atoms with van der Waals surface area (Å²) in [6, 6.07) is 17.4. The predicted octanol–water partition coefficient (Wildman–Crippen LogP) is 2.59. The van der Waals surface area contributed by atoms with Crippen LogP contribution in [0.4, 0.5) is 0 Å². The maximum absolute atomic E-state index is 12.2. The average molecular weight is 396 g/mol. The number of likely N-dealkylation sites (tertiary alicyclic amines) is 1. The molecule has 2 aromatic carbocycles. The third-order valence-corrected chi connectivity index (χ3v) is 4.78. The number of amides is 2. The van der Waals surface area contributed by atoms with Gasteiger partial charge in [0.2, 0.25) is 5.91 Å². The maximum Gasteiger partial charge on any atom is 0.251 e. The Morgan fingerprint density at radius 3 is 2.52 bits per heavy atom. The molecule has 29 heavy (non-hydrogen) atoms. The molecule has 2 N–H and O–H groups in total. The van der Waals surface area contributed by atoms with Gasteiger partial charge in [0.25, 0.3) is 5.91 Å². The van der Waals surface area contributed by atoms with Crippen LogP contribution in [0.1, 0.15) is 36.2 Å². The minimum atomic E-state index is -0.270. The largest absolute Gasteiger partial charge is 0.491 e. The summed E-state index contributed by atoms with van der Waals surface area (Å²) in [5, 5.41) is 5.70. The monoisotopic (exact) mass is 395 g/mol. The summed E-state index contributed by atoms with van der Waals surface area (Å²) < 4.78 is 5.57. The van der Waals surface area contributed by atoms with Gasteiger partial charge in [-0.25, -0.2) is 0 Å². The second-order valence-corrected chi connectivity index (χ2v) is 7.65. The summed E-state index contributed by atoms with van der Waals surface area (Å²) in [5.41, 5.74) is 1.78. The van der Waals surface area contributed by atoms with Crippen LogP contribution in [0.2, 0.25) is 0 Å². The lowest BCUT2D eigenvalue weighted by molar-refractivity contribution is -0.120. The normalized spacial score (nSPS) is 16.6. The van der Waals surface area contributed by atoms with E-state index in [9.17, 15) is 9.59 Å². The Bertz CT molecular complexity index is 806. The van der Waals surface area contributed by atoms with Crippen molar-refractivity contribution in [3.63, 3.8) is 0 Å². The lowest BCUT2D eigenvalue weighted by atomic mass is 10.2. The molecule has 0 spiro atoms. The van der Waals surface area contributed by atoms with Crippen LogP contribution in [0, 0.1) is 0 Å². The molecule has 1 saturated heterocycles. The quantitative estimate of drug-likeness (QED) is 0.721. The molecule has 1 atom stereocenters. The smallest absolute Gasteiger partial charge is 0.251 e. The molecule has 1 heterocycles. The number of benzene rings is 2. The molecule has 6 heteroatoms. The van der Waals surface area contributed by atoms with Crippen LogP contribution < -0.4 is 15.4 Å². The molecule has 0 bridgehead atoms. The summed E-state index contributed by atoms with van der Waals surface area (Å²) >= 11 is 0. The molecule has 1 aliphatic rings. The first kappa shape index (κ1) is 20.9. The van der Waals surface area contributed by atoms with E-state index in [2.05, 4.69) is 27.7 Å². The van der Waals surface area contributed by atoms with E-state index in [-0.39, 0.29) is 30.5 Å². The van der Waals surface area contributed by atoms with E-state index in [1.165, 1.54) is 5.56 Å². The van der Waals surface area contributed by atoms with Crippen LogP contribution in [0.3, 0.4) is 0 Å². The number of nitrogens with zero attached hydrogens (tertiary/aromatic N) is 1. The second kappa shape index (κ2) is 10.1. The highest BCUT2D eigenvalue weighted by Gasteiger charge is 2.23. The highest BCUT2D eigenvalue weighted by atomic mass is 16.5. The molecule has 154 valence electrons. The van der Waals surface area contributed by atoms with Gasteiger partial charge in [-0.05, 0) is 50.1 Å². The van der Waals surface area contributed by atoms with Crippen molar-refractivity contribution in [3.8, 4) is 5.75 Å². The first-order valence-electron chi connectivity index (χ1n) is 10.1. The molecule has 0 radical (unpaired) electrons. The van der Waals surface area contributed by atoms with Crippen LogP contribution in [0.5, 0.6) is 5.75 Å². The number of carbonyl (C=O) groups excluding carboxylic acids is 2. The van der Waals surface area contributed by atoms with Crippen LogP contribution in [0.15, 0.2) is 54.6 Å². The first-order chi connectivity index (χ1) is 14.0. The van der Waals surface area contributed by atoms with Gasteiger partial charge in [-0.2, -0.15) is 0 Å². The zero-order chi connectivity index (χ0) is 20.6. The lowest BCUT2D eigenvalue weighted by Gasteiger charge is -2.17. The highest BCUT2D eigenvalue weighted by molar-refractivity contribution is 5.96. The molecule has 2 amide bonds. The Labute approximate surface area is 172 Å². The van der Waals surface area contributed by atoms with Gasteiger partial charge < -0.3 is 15.4 Å². The van der Waals surface area contributed by atoms with Crippen molar-refractivity contribution in [3.05, 3.63) is 65.7 Å². The zero-order valence-electron chi connectivity index (χ0n) is 17.1. The fourth-order valence-electron chi connectivity index (χ4n) is 3.43. The van der Waals surface area contributed by atoms with E-state index in [1.807, 2.05) is 32.0 Å². The lowest BCUT2D eigenvalue weighted by Crippen LogP contribution is -2.43. The van der Waals surface area contributed by atoms with Crippen molar-refractivity contribution in [1.29, 1.82) is 0 Å². The van der Waals surface area contributed by atoms with Crippen molar-refractivity contribution >= 4 is 11.8 Å². The van der Waals surface area contributed by atoms with Crippen LogP contribution in [-0.2, 0) is 11.3 Å². The molecule has 1 aliphatic heterocycles. The third kappa shape index (κ3) is 6.61. The van der Waals surface area contributed by atoms with Crippen molar-refractivity contribution in [1.82, 2.24) is 15.5 Å². The standard InChI is InChI=1S/C23H29N3O3/c1-17(2)29-21-10-8-19(9-11-21)23(28)24-14-22(27)25-20-12-13-26(16-20)15-18-6-4-3-5-7-18/h3-11,17,20H,12-16H2,1-2H3,(H,24,28)(H,25,27). The van der Waals surface area contributed by atoms with Crippen LogP contribution in [-0.4, -0.2) is 48.5 Å². The SMILES string of the molecule is CC(C)Oc1ccc(C(=O)NCC(=O)NC2CCN(Cc3ccccc3)C2)cc1. The highest BCUT2D eigenvalue weighted by Crippen LogP contribution is 2.14. The van der Waals surface area contributed by atoms with Gasteiger partial charge in [0.15, 0.2) is 0 Å². The molecule has 2 aromatic rings. The molecule has 6 nitrogen and oxygen atoms in total. The minimum absolute atomic E-state index is 0.0295. The Kier molecular flexibility index (Phi) is 7.25. The van der Waals surface area contributed by atoms with Gasteiger partial charge in [-0.3, -0.25) is 14.5 Å². The Hall–Kier alpha value is -2.86. The Morgan fingerprint density at radius 1 is 1.10 bits per heavy atom. The summed E-state index contributed by atoms with van der Waals surface area (Å²) in [6.45, 7) is 6.54. The van der Waals surface area contributed by atoms with E-state index in [1.54, 1.807) is 24.3 Å². The summed E-state index contributed by atoms with van der Waals surface area (Å²) in [5.74, 6) is 0.286. The summed E-state index contributed by atoms with van der Waals surface area (Å²) in [4.78, 5) is 26.8. The van der Waals surface area contributed by atoms with Gasteiger partial charge in [-0.15, -0.1) is 0 Å². The summed E-state index contributed by atoms with van der Waals surface area (Å²) in [7, 11) is 0. The molecular weight excluding hydrogens is 366 g/mol. The van der Waals surface area contributed by atoms with Crippen molar-refractivity contribution in [2.24, 2.45) is 0 Å². The second-order valence-electron chi connectivity index (χ2n) is 7.65. The average Bonchev–Trinajstić information content (AvgIpc) is 3.13. The zero-order valence-corrected chi connectivity index (χ0v) is 17.1. The molecule has 1 fully saturated rings. The number of ether oxygens (including phenoxy) is 1. The van der Waals surface area contributed by atoms with E-state index in [4.69, 9.17) is 4.74 Å². The van der Waals surface area contributed by atoms with Crippen molar-refractivity contribution < 1.29 is 14.3 Å². The first-order valence-corrected chi connectivity index (χ1v) is 10.1. The topological polar surface area (TPSA) is 70.7 Å². The number of rotatable bonds is 8. The van der Waals surface area contributed by atoms with Crippen LogP contribution in [0.25, 0.3) is 0 Å². The Morgan fingerprint density at radius 2 is 1.83 bits per heavy atom. The van der Waals surface area contributed by atoms with Crippen molar-refractivity contribution in [2.45, 2.75) is 39.0 Å². The summed E-state index contributed by atoms with van der Waals surface area (Å²) in [6.07, 6.45) is 1.00. The molecule has 0 aliphatic carbocycles. The van der Waals surface area contributed by atoms with Crippen molar-refractivity contribution in [2.75, 3.05) is 19.6 Å². The van der Waals surface area contributed by atoms with Gasteiger partial charge in [-0.1, -0.05) is 30.3 Å². The molecular formula is C23H29N3O3. The van der Waals surface area contributed by atoms with E-state index >= 15 is 0 Å². The van der Waals surface area contributed by atoms with E-state index in [0.717, 1.165) is 31.8 Å². The molecule has 1 unspecified atom stereocenters. The number of carbonyl (C=O) groups is 2. The number of hydrogen-bond donors (Lipinski definition) is 2. The van der Waals surface area contributed by atoms with Gasteiger partial charge in [0.1, 0.15) is 5.75 Å². The van der Waals surface area contributed by atoms with E-state index < -0.39 is 0 Å². The molecule has 0 aromatic heterocycles. The number of nitrogens with one attached hydrogen (secondary N) is 2. The molecule has 3 rings (SSSR count). The van der Waals surface area contributed by atoms with E-state index in [0.29, 0.717) is 5.56 Å². The fraction of sp³-hybridized carbons (Fsp3) is 0.391. The third-order valence-electron chi connectivity index (χ3n) is 4.78. The van der Waals surface area contributed by atoms with Crippen LogP contribution >= 0.6 is 0 Å². The van der Waals surface area contributed by atoms with Gasteiger partial charge in [0, 0.05) is 31.2 Å². The number of hydrogen-bond acceptors (Lipinski definition) is 4. The molecule has 0 saturated carbocycles. The Balaban J connectivity index is 1.39. The fourth-order valence-corrected chi connectivity index (χ4v) is 3.43. The predicted molar refractivity (Wildman–Crippen MR) is 113 cm³/mol. The minimum Gasteiger partial charge on any atom is -0.491 e. The van der Waals surface area contributed by atoms with Gasteiger partial charge >= 0.3 is 0 Å². The maximum atomic E-state index is 12.2. The van der Waals surface area contributed by atoms with Gasteiger partial charge in [0.05, 0.1) is 12.6 Å².